The number of anilines is 1. The average Bonchev–Trinajstić information content (AvgIpc) is 2.54. The van der Waals surface area contributed by atoms with Crippen molar-refractivity contribution in [3.8, 4) is 0 Å². The molecule has 0 bridgehead atoms. The number of halogens is 1. The monoisotopic (exact) mass is 335 g/mol. The molecule has 1 aromatic heterocycles. The van der Waals surface area contributed by atoms with E-state index in [1.54, 1.807) is 49.6 Å². The Balaban J connectivity index is 1.89. The Bertz CT molecular complexity index is 677. The number of aromatic nitrogens is 1. The molecule has 2 aromatic rings. The van der Waals surface area contributed by atoms with Crippen LogP contribution in [0.4, 0.5) is 5.69 Å². The van der Waals surface area contributed by atoms with Gasteiger partial charge in [-0.05, 0) is 36.4 Å². The van der Waals surface area contributed by atoms with Crippen LogP contribution in [-0.2, 0) is 4.79 Å². The molecule has 2 amide bonds. The number of nitrogens with one attached hydrogen (secondary N) is 2. The second-order valence-electron chi connectivity index (χ2n) is 4.28. The lowest BCUT2D eigenvalue weighted by Gasteiger charge is -2.06. The van der Waals surface area contributed by atoms with E-state index in [0.717, 1.165) is 0 Å². The predicted octanol–water partition coefficient (Wildman–Crippen LogP) is 2.83. The second kappa shape index (κ2) is 7.82. The van der Waals surface area contributed by atoms with Crippen LogP contribution in [0.3, 0.4) is 0 Å². The van der Waals surface area contributed by atoms with Crippen LogP contribution in [0, 0.1) is 0 Å². The van der Waals surface area contributed by atoms with E-state index in [0.29, 0.717) is 21.3 Å². The van der Waals surface area contributed by atoms with Gasteiger partial charge in [-0.25, -0.2) is 4.98 Å². The first-order chi connectivity index (χ1) is 10.6. The first-order valence-corrected chi connectivity index (χ1v) is 7.82. The maximum Gasteiger partial charge on any atom is 0.251 e. The number of amides is 2. The number of hydrogen-bond donors (Lipinski definition) is 2. The third kappa shape index (κ3) is 4.47. The molecule has 0 aliphatic carbocycles. The van der Waals surface area contributed by atoms with Gasteiger partial charge in [0.25, 0.3) is 5.91 Å². The van der Waals surface area contributed by atoms with Crippen molar-refractivity contribution < 1.29 is 9.59 Å². The maximum atomic E-state index is 11.9. The molecule has 22 heavy (non-hydrogen) atoms. The van der Waals surface area contributed by atoms with Crippen molar-refractivity contribution in [1.82, 2.24) is 10.3 Å². The van der Waals surface area contributed by atoms with E-state index < -0.39 is 0 Å². The van der Waals surface area contributed by atoms with Gasteiger partial charge in [-0.3, -0.25) is 9.59 Å². The summed E-state index contributed by atoms with van der Waals surface area (Å²) in [6.45, 7) is 0. The molecular formula is C15H14ClN3O2S. The predicted molar refractivity (Wildman–Crippen MR) is 88.4 cm³/mol. The molecule has 0 unspecified atom stereocenters. The van der Waals surface area contributed by atoms with Gasteiger partial charge in [0.1, 0.15) is 5.03 Å². The SMILES string of the molecule is CNC(=O)c1ccc(NC(=O)CSc2ncccc2Cl)cc1. The van der Waals surface area contributed by atoms with Gasteiger partial charge in [0.05, 0.1) is 10.8 Å². The van der Waals surface area contributed by atoms with Crippen molar-refractivity contribution in [3.05, 3.63) is 53.2 Å². The number of carbonyl (C=O) groups excluding carboxylic acids is 2. The van der Waals surface area contributed by atoms with E-state index in [9.17, 15) is 9.59 Å². The fourth-order valence-electron chi connectivity index (χ4n) is 1.66. The third-order valence-corrected chi connectivity index (χ3v) is 4.14. The van der Waals surface area contributed by atoms with Crippen LogP contribution in [-0.4, -0.2) is 29.6 Å². The maximum absolute atomic E-state index is 11.9. The average molecular weight is 336 g/mol. The molecular weight excluding hydrogens is 322 g/mol. The summed E-state index contributed by atoms with van der Waals surface area (Å²) in [4.78, 5) is 27.4. The summed E-state index contributed by atoms with van der Waals surface area (Å²) < 4.78 is 0. The van der Waals surface area contributed by atoms with E-state index in [1.165, 1.54) is 11.8 Å². The Morgan fingerprint density at radius 1 is 1.23 bits per heavy atom. The van der Waals surface area contributed by atoms with Gasteiger partial charge in [0.15, 0.2) is 0 Å². The molecule has 1 aromatic carbocycles. The molecule has 0 radical (unpaired) electrons. The number of carbonyl (C=O) groups is 2. The van der Waals surface area contributed by atoms with Gasteiger partial charge >= 0.3 is 0 Å². The zero-order valence-electron chi connectivity index (χ0n) is 11.8. The number of thioether (sulfide) groups is 1. The van der Waals surface area contributed by atoms with Gasteiger partial charge in [-0.1, -0.05) is 23.4 Å². The summed E-state index contributed by atoms with van der Waals surface area (Å²) in [6.07, 6.45) is 1.63. The lowest BCUT2D eigenvalue weighted by atomic mass is 10.2. The quantitative estimate of drug-likeness (QED) is 0.824. The van der Waals surface area contributed by atoms with Crippen molar-refractivity contribution in [2.45, 2.75) is 5.03 Å². The second-order valence-corrected chi connectivity index (χ2v) is 5.65. The zero-order chi connectivity index (χ0) is 15.9. The molecule has 114 valence electrons. The number of rotatable bonds is 5. The minimum atomic E-state index is -0.168. The lowest BCUT2D eigenvalue weighted by molar-refractivity contribution is -0.113. The highest BCUT2D eigenvalue weighted by molar-refractivity contribution is 8.00. The van der Waals surface area contributed by atoms with Crippen LogP contribution in [0.15, 0.2) is 47.6 Å². The molecule has 0 aliphatic rings. The Morgan fingerprint density at radius 3 is 2.59 bits per heavy atom. The molecule has 5 nitrogen and oxygen atoms in total. The number of pyridine rings is 1. The Labute approximate surface area is 137 Å². The molecule has 1 heterocycles. The van der Waals surface area contributed by atoms with Gasteiger partial charge in [0, 0.05) is 24.5 Å². The largest absolute Gasteiger partial charge is 0.355 e. The third-order valence-electron chi connectivity index (χ3n) is 2.72. The Kier molecular flexibility index (Phi) is 5.80. The van der Waals surface area contributed by atoms with E-state index in [4.69, 9.17) is 11.6 Å². The van der Waals surface area contributed by atoms with Gasteiger partial charge in [0.2, 0.25) is 5.91 Å². The lowest BCUT2D eigenvalue weighted by Crippen LogP contribution is -2.18. The molecule has 2 N–H and O–H groups in total. The molecule has 2 rings (SSSR count). The first-order valence-electron chi connectivity index (χ1n) is 6.45. The molecule has 0 spiro atoms. The summed E-state index contributed by atoms with van der Waals surface area (Å²) in [5.74, 6) is -0.133. The molecule has 0 saturated heterocycles. The van der Waals surface area contributed by atoms with Crippen LogP contribution in [0.1, 0.15) is 10.4 Å². The summed E-state index contributed by atoms with van der Waals surface area (Å²) in [5.41, 5.74) is 1.17. The fourth-order valence-corrected chi connectivity index (χ4v) is 2.62. The molecule has 0 atom stereocenters. The van der Waals surface area contributed by atoms with Crippen molar-refractivity contribution in [1.29, 1.82) is 0 Å². The van der Waals surface area contributed by atoms with Crippen LogP contribution < -0.4 is 10.6 Å². The molecule has 0 saturated carbocycles. The van der Waals surface area contributed by atoms with Crippen LogP contribution in [0.5, 0.6) is 0 Å². The smallest absolute Gasteiger partial charge is 0.251 e. The van der Waals surface area contributed by atoms with Crippen molar-refractivity contribution in [2.24, 2.45) is 0 Å². The van der Waals surface area contributed by atoms with Gasteiger partial charge in [-0.2, -0.15) is 0 Å². The highest BCUT2D eigenvalue weighted by atomic mass is 35.5. The van der Waals surface area contributed by atoms with Gasteiger partial charge < -0.3 is 10.6 Å². The number of hydrogen-bond acceptors (Lipinski definition) is 4. The summed E-state index contributed by atoms with van der Waals surface area (Å²) in [7, 11) is 1.57. The number of nitrogens with zero attached hydrogens (tertiary/aromatic N) is 1. The number of benzene rings is 1. The standard InChI is InChI=1S/C15H14ClN3O2S/c1-17-14(21)10-4-6-11(7-5-10)19-13(20)9-22-15-12(16)3-2-8-18-15/h2-8H,9H2,1H3,(H,17,21)(H,19,20). The minimum Gasteiger partial charge on any atom is -0.355 e. The topological polar surface area (TPSA) is 71.1 Å². The minimum absolute atomic E-state index is 0.167. The van der Waals surface area contributed by atoms with E-state index >= 15 is 0 Å². The van der Waals surface area contributed by atoms with Crippen molar-refractivity contribution in [2.75, 3.05) is 18.1 Å². The Hall–Kier alpha value is -2.05. The normalized spacial score (nSPS) is 10.1. The highest BCUT2D eigenvalue weighted by Gasteiger charge is 2.08. The van der Waals surface area contributed by atoms with Crippen molar-refractivity contribution >= 4 is 40.9 Å². The summed E-state index contributed by atoms with van der Waals surface area (Å²) >= 11 is 7.24. The van der Waals surface area contributed by atoms with Crippen LogP contribution in [0.2, 0.25) is 5.02 Å². The van der Waals surface area contributed by atoms with E-state index in [-0.39, 0.29) is 17.6 Å². The van der Waals surface area contributed by atoms with Crippen molar-refractivity contribution in [3.63, 3.8) is 0 Å². The molecule has 0 fully saturated rings. The van der Waals surface area contributed by atoms with E-state index in [1.807, 2.05) is 0 Å². The Morgan fingerprint density at radius 2 is 1.95 bits per heavy atom. The summed E-state index contributed by atoms with van der Waals surface area (Å²) in [5, 5.41) is 6.43. The van der Waals surface area contributed by atoms with E-state index in [2.05, 4.69) is 15.6 Å². The highest BCUT2D eigenvalue weighted by Crippen LogP contribution is 2.24. The van der Waals surface area contributed by atoms with Gasteiger partial charge in [-0.15, -0.1) is 0 Å². The van der Waals surface area contributed by atoms with Crippen LogP contribution >= 0.6 is 23.4 Å². The molecule has 0 aliphatic heterocycles. The van der Waals surface area contributed by atoms with Crippen LogP contribution in [0.25, 0.3) is 0 Å². The summed E-state index contributed by atoms with van der Waals surface area (Å²) in [6, 6.07) is 10.1. The fraction of sp³-hybridized carbons (Fsp3) is 0.133. The molecule has 7 heteroatoms. The first kappa shape index (κ1) is 16.3. The zero-order valence-corrected chi connectivity index (χ0v) is 13.4.